The molecule has 6 heteroatoms. The van der Waals surface area contributed by atoms with Crippen LogP contribution < -0.4 is 10.6 Å². The first-order chi connectivity index (χ1) is 8.11. The normalized spacial score (nSPS) is 23.2. The predicted octanol–water partition coefficient (Wildman–Crippen LogP) is -0.530. The van der Waals surface area contributed by atoms with Crippen LogP contribution in [-0.2, 0) is 9.59 Å². The van der Waals surface area contributed by atoms with Crippen LogP contribution in [0, 0.1) is 0 Å². The minimum atomic E-state index is -1.53. The van der Waals surface area contributed by atoms with Gasteiger partial charge in [-0.15, -0.1) is 0 Å². The summed E-state index contributed by atoms with van der Waals surface area (Å²) < 4.78 is 0. The van der Waals surface area contributed by atoms with E-state index in [0.29, 0.717) is 0 Å². The number of carboxylic acid groups (broad SMARTS) is 1. The van der Waals surface area contributed by atoms with Crippen LogP contribution in [0.2, 0.25) is 0 Å². The molecule has 1 heterocycles. The molecule has 0 aliphatic carbocycles. The molecule has 0 aromatic rings. The summed E-state index contributed by atoms with van der Waals surface area (Å²) in [6, 6.07) is -0.267. The van der Waals surface area contributed by atoms with E-state index in [4.69, 9.17) is 10.2 Å². The van der Waals surface area contributed by atoms with Gasteiger partial charge in [-0.2, -0.15) is 0 Å². The Labute approximate surface area is 100 Å². The maximum Gasteiger partial charge on any atom is 0.334 e. The van der Waals surface area contributed by atoms with Gasteiger partial charge in [0.05, 0.1) is 12.6 Å². The average Bonchev–Trinajstić information content (AvgIpc) is 2.24. The lowest BCUT2D eigenvalue weighted by atomic mass is 10.0. The Morgan fingerprint density at radius 2 is 2.00 bits per heavy atom. The van der Waals surface area contributed by atoms with Crippen LogP contribution in [0.4, 0.5) is 0 Å². The second-order valence-corrected chi connectivity index (χ2v) is 4.31. The molecular weight excluding hydrogens is 224 g/mol. The zero-order valence-electron chi connectivity index (χ0n) is 9.82. The van der Waals surface area contributed by atoms with Gasteiger partial charge in [0.25, 0.3) is 0 Å². The van der Waals surface area contributed by atoms with Gasteiger partial charge in [-0.3, -0.25) is 4.79 Å². The average molecular weight is 244 g/mol. The van der Waals surface area contributed by atoms with Crippen LogP contribution in [0.3, 0.4) is 0 Å². The van der Waals surface area contributed by atoms with Gasteiger partial charge in [-0.25, -0.2) is 4.79 Å². The van der Waals surface area contributed by atoms with Crippen LogP contribution in [0.15, 0.2) is 0 Å². The number of aliphatic hydroxyl groups excluding tert-OH is 1. The Bertz CT molecular complexity index is 262. The number of carboxylic acids is 1. The van der Waals surface area contributed by atoms with Crippen LogP contribution in [0.1, 0.15) is 32.1 Å². The Hall–Kier alpha value is -1.14. The number of carbonyl (C=O) groups is 2. The SMILES string of the molecule is O=C(O)C(O)CNC(=O)C1CCCCCCN1. The van der Waals surface area contributed by atoms with Crippen molar-refractivity contribution in [1.29, 1.82) is 0 Å². The summed E-state index contributed by atoms with van der Waals surface area (Å²) in [6.07, 6.45) is 3.58. The van der Waals surface area contributed by atoms with E-state index in [1.54, 1.807) is 0 Å². The summed E-state index contributed by atoms with van der Waals surface area (Å²) in [7, 11) is 0. The number of rotatable bonds is 4. The zero-order valence-corrected chi connectivity index (χ0v) is 9.82. The molecule has 1 rings (SSSR count). The van der Waals surface area contributed by atoms with Crippen LogP contribution >= 0.6 is 0 Å². The molecule has 4 N–H and O–H groups in total. The first kappa shape index (κ1) is 13.9. The van der Waals surface area contributed by atoms with E-state index in [0.717, 1.165) is 32.2 Å². The summed E-state index contributed by atoms with van der Waals surface area (Å²) in [4.78, 5) is 22.1. The van der Waals surface area contributed by atoms with Gasteiger partial charge in [0.2, 0.25) is 5.91 Å². The van der Waals surface area contributed by atoms with Gasteiger partial charge < -0.3 is 20.8 Å². The van der Waals surface area contributed by atoms with Gasteiger partial charge in [0, 0.05) is 0 Å². The fourth-order valence-corrected chi connectivity index (χ4v) is 1.84. The lowest BCUT2D eigenvalue weighted by Gasteiger charge is -2.21. The number of nitrogens with one attached hydrogen (secondary N) is 2. The van der Waals surface area contributed by atoms with Crippen LogP contribution in [0.5, 0.6) is 0 Å². The van der Waals surface area contributed by atoms with Crippen molar-refractivity contribution in [2.75, 3.05) is 13.1 Å². The molecule has 0 radical (unpaired) electrons. The summed E-state index contributed by atoms with van der Waals surface area (Å²) in [5.41, 5.74) is 0. The highest BCUT2D eigenvalue weighted by Gasteiger charge is 2.20. The molecule has 1 aliphatic heterocycles. The molecule has 1 aliphatic rings. The third-order valence-electron chi connectivity index (χ3n) is 2.88. The topological polar surface area (TPSA) is 98.7 Å². The van der Waals surface area contributed by atoms with Crippen molar-refractivity contribution in [3.8, 4) is 0 Å². The van der Waals surface area contributed by atoms with E-state index < -0.39 is 12.1 Å². The molecule has 1 amide bonds. The van der Waals surface area contributed by atoms with Gasteiger partial charge >= 0.3 is 5.97 Å². The maximum atomic E-state index is 11.7. The first-order valence-corrected chi connectivity index (χ1v) is 6.03. The van der Waals surface area contributed by atoms with E-state index >= 15 is 0 Å². The van der Waals surface area contributed by atoms with Crippen molar-refractivity contribution >= 4 is 11.9 Å². The fourth-order valence-electron chi connectivity index (χ4n) is 1.84. The third-order valence-corrected chi connectivity index (χ3v) is 2.88. The molecule has 0 spiro atoms. The molecule has 17 heavy (non-hydrogen) atoms. The Balaban J connectivity index is 2.32. The Morgan fingerprint density at radius 3 is 2.71 bits per heavy atom. The highest BCUT2D eigenvalue weighted by molar-refractivity contribution is 5.82. The number of hydrogen-bond donors (Lipinski definition) is 4. The maximum absolute atomic E-state index is 11.7. The lowest BCUT2D eigenvalue weighted by molar-refractivity contribution is -0.146. The minimum Gasteiger partial charge on any atom is -0.479 e. The fraction of sp³-hybridized carbons (Fsp3) is 0.818. The second kappa shape index (κ2) is 7.24. The van der Waals surface area contributed by atoms with Crippen molar-refractivity contribution in [3.63, 3.8) is 0 Å². The largest absolute Gasteiger partial charge is 0.479 e. The molecule has 0 aromatic heterocycles. The molecule has 0 saturated carbocycles. The van der Waals surface area contributed by atoms with Crippen LogP contribution in [-0.4, -0.2) is 47.3 Å². The molecule has 6 nitrogen and oxygen atoms in total. The summed E-state index contributed by atoms with van der Waals surface area (Å²) in [6.45, 7) is 0.561. The van der Waals surface area contributed by atoms with Crippen molar-refractivity contribution in [2.45, 2.75) is 44.2 Å². The summed E-state index contributed by atoms with van der Waals surface area (Å²) >= 11 is 0. The Morgan fingerprint density at radius 1 is 1.29 bits per heavy atom. The van der Waals surface area contributed by atoms with E-state index in [9.17, 15) is 9.59 Å². The predicted molar refractivity (Wildman–Crippen MR) is 61.5 cm³/mol. The highest BCUT2D eigenvalue weighted by Crippen LogP contribution is 2.09. The summed E-state index contributed by atoms with van der Waals surface area (Å²) in [5.74, 6) is -1.55. The molecule has 2 atom stereocenters. The molecule has 1 saturated heterocycles. The standard InChI is InChI=1S/C11H20N2O4/c14-9(11(16)17)7-13-10(15)8-5-3-1-2-4-6-12-8/h8-9,12,14H,1-7H2,(H,13,15)(H,16,17). The number of carbonyl (C=O) groups excluding carboxylic acids is 1. The van der Waals surface area contributed by atoms with Gasteiger partial charge in [-0.05, 0) is 19.4 Å². The van der Waals surface area contributed by atoms with Gasteiger partial charge in [-0.1, -0.05) is 19.3 Å². The molecule has 0 bridgehead atoms. The molecule has 98 valence electrons. The molecule has 0 aromatic carbocycles. The van der Waals surface area contributed by atoms with Gasteiger partial charge in [0.1, 0.15) is 0 Å². The van der Waals surface area contributed by atoms with E-state index in [-0.39, 0.29) is 18.5 Å². The minimum absolute atomic E-state index is 0.229. The number of amides is 1. The Kier molecular flexibility index (Phi) is 5.93. The van der Waals surface area contributed by atoms with Crippen LogP contribution in [0.25, 0.3) is 0 Å². The van der Waals surface area contributed by atoms with Gasteiger partial charge in [0.15, 0.2) is 6.10 Å². The third kappa shape index (κ3) is 5.14. The first-order valence-electron chi connectivity index (χ1n) is 6.03. The lowest BCUT2D eigenvalue weighted by Crippen LogP contribution is -2.47. The summed E-state index contributed by atoms with van der Waals surface area (Å²) in [5, 5.41) is 23.1. The van der Waals surface area contributed by atoms with Crippen molar-refractivity contribution in [3.05, 3.63) is 0 Å². The smallest absolute Gasteiger partial charge is 0.334 e. The highest BCUT2D eigenvalue weighted by atomic mass is 16.4. The van der Waals surface area contributed by atoms with E-state index in [2.05, 4.69) is 10.6 Å². The van der Waals surface area contributed by atoms with E-state index in [1.807, 2.05) is 0 Å². The number of aliphatic hydroxyl groups is 1. The molecule has 2 unspecified atom stereocenters. The van der Waals surface area contributed by atoms with Crippen molar-refractivity contribution in [1.82, 2.24) is 10.6 Å². The number of aliphatic carboxylic acids is 1. The molecule has 1 fully saturated rings. The van der Waals surface area contributed by atoms with E-state index in [1.165, 1.54) is 6.42 Å². The molecular formula is C11H20N2O4. The number of hydrogen-bond acceptors (Lipinski definition) is 4. The zero-order chi connectivity index (χ0) is 12.7. The quantitative estimate of drug-likeness (QED) is 0.533. The van der Waals surface area contributed by atoms with Crippen molar-refractivity contribution in [2.24, 2.45) is 0 Å². The van der Waals surface area contributed by atoms with Crippen molar-refractivity contribution < 1.29 is 19.8 Å². The second-order valence-electron chi connectivity index (χ2n) is 4.31. The monoisotopic (exact) mass is 244 g/mol.